The number of benzene rings is 3. The lowest BCUT2D eigenvalue weighted by Crippen LogP contribution is -2.47. The molecule has 0 saturated heterocycles. The van der Waals surface area contributed by atoms with Crippen LogP contribution < -0.4 is 19.7 Å². The van der Waals surface area contributed by atoms with Crippen molar-refractivity contribution >= 4 is 28.5 Å². The van der Waals surface area contributed by atoms with Crippen LogP contribution in [0, 0.1) is 13.8 Å². The summed E-state index contributed by atoms with van der Waals surface area (Å²) in [6.07, 6.45) is 3.96. The minimum atomic E-state index is -1.02. The van der Waals surface area contributed by atoms with E-state index in [4.69, 9.17) is 9.47 Å². The molecule has 1 heterocycles. The molecule has 2 amide bonds. The Labute approximate surface area is 234 Å². The van der Waals surface area contributed by atoms with Crippen LogP contribution in [-0.4, -0.2) is 47.1 Å². The number of aryl methyl sites for hydroxylation is 1. The molecule has 40 heavy (non-hydrogen) atoms. The molecule has 0 spiro atoms. The summed E-state index contributed by atoms with van der Waals surface area (Å²) >= 11 is 0. The Balaban J connectivity index is 1.67. The Hall–Kier alpha value is -4.40. The van der Waals surface area contributed by atoms with Gasteiger partial charge in [-0.25, -0.2) is 4.68 Å². The lowest BCUT2D eigenvalue weighted by molar-refractivity contribution is -0.127. The van der Waals surface area contributed by atoms with Crippen molar-refractivity contribution in [3.05, 3.63) is 77.4 Å². The molecule has 9 heteroatoms. The summed E-state index contributed by atoms with van der Waals surface area (Å²) in [5.41, 5.74) is 4.52. The number of nitrogens with one attached hydrogen (secondary N) is 1. The molecular weight excluding hydrogens is 506 g/mol. The fourth-order valence-corrected chi connectivity index (χ4v) is 5.45. The Morgan fingerprint density at radius 3 is 2.55 bits per heavy atom. The molecule has 9 nitrogen and oxygen atoms in total. The molecular formula is C31H35N5O4. The topological polar surface area (TPSA) is 98.6 Å². The van der Waals surface area contributed by atoms with Gasteiger partial charge in [-0.15, -0.1) is 5.10 Å². The average molecular weight is 542 g/mol. The predicted octanol–water partition coefficient (Wildman–Crippen LogP) is 4.90. The fourth-order valence-electron chi connectivity index (χ4n) is 5.45. The molecule has 1 aliphatic carbocycles. The predicted molar refractivity (Wildman–Crippen MR) is 154 cm³/mol. The Bertz CT molecular complexity index is 1530. The van der Waals surface area contributed by atoms with Crippen LogP contribution in [0.25, 0.3) is 11.0 Å². The highest BCUT2D eigenvalue weighted by Crippen LogP contribution is 2.38. The third-order valence-electron chi connectivity index (χ3n) is 7.75. The molecule has 0 radical (unpaired) electrons. The van der Waals surface area contributed by atoms with Gasteiger partial charge in [0.1, 0.15) is 29.6 Å². The van der Waals surface area contributed by atoms with Crippen molar-refractivity contribution in [2.45, 2.75) is 58.2 Å². The summed E-state index contributed by atoms with van der Waals surface area (Å²) < 4.78 is 12.8. The number of carbonyl (C=O) groups is 2. The van der Waals surface area contributed by atoms with Crippen LogP contribution >= 0.6 is 0 Å². The highest BCUT2D eigenvalue weighted by atomic mass is 16.5. The number of fused-ring (bicyclic) bond motifs is 1. The SMILES string of the molecule is COc1ccc(OC)c([C@H](C(=O)NC2CCCC2)N(C(=O)Cn2nnc3ccccc32)c2cccc(C)c2C)c1. The van der Waals surface area contributed by atoms with Crippen molar-refractivity contribution in [2.75, 3.05) is 19.1 Å². The average Bonchev–Trinajstić information content (AvgIpc) is 3.63. The zero-order chi connectivity index (χ0) is 28.2. The Morgan fingerprint density at radius 2 is 1.80 bits per heavy atom. The molecule has 1 N–H and O–H groups in total. The van der Waals surface area contributed by atoms with Crippen LogP contribution in [0.2, 0.25) is 0 Å². The number of methoxy groups -OCH3 is 2. The van der Waals surface area contributed by atoms with Crippen LogP contribution in [0.15, 0.2) is 60.7 Å². The van der Waals surface area contributed by atoms with E-state index < -0.39 is 6.04 Å². The first kappa shape index (κ1) is 27.2. The molecule has 208 valence electrons. The number of nitrogens with zero attached hydrogens (tertiary/aromatic N) is 4. The first-order valence-electron chi connectivity index (χ1n) is 13.6. The minimum absolute atomic E-state index is 0.0569. The molecule has 0 bridgehead atoms. The van der Waals surface area contributed by atoms with Gasteiger partial charge in [-0.3, -0.25) is 14.5 Å². The van der Waals surface area contributed by atoms with E-state index in [9.17, 15) is 9.59 Å². The van der Waals surface area contributed by atoms with Gasteiger partial charge in [-0.05, 0) is 74.2 Å². The highest BCUT2D eigenvalue weighted by molar-refractivity contribution is 6.02. The number of carbonyl (C=O) groups excluding carboxylic acids is 2. The number of ether oxygens (including phenoxy) is 2. The normalized spacial score (nSPS) is 14.2. The van der Waals surface area contributed by atoms with Crippen LogP contribution in [0.5, 0.6) is 11.5 Å². The second-order valence-electron chi connectivity index (χ2n) is 10.2. The smallest absolute Gasteiger partial charge is 0.249 e. The standard InChI is InChI=1S/C31H35N5O4/c1-20-10-9-15-26(21(20)2)36(29(37)19-35-27-14-8-7-13-25(27)33-34-35)30(31(38)32-22-11-5-6-12-22)24-18-23(39-3)16-17-28(24)40-4/h7-10,13-18,22,30H,5-6,11-12,19H2,1-4H3,(H,32,38)/t30-/m1/s1. The third kappa shape index (κ3) is 5.36. The number of aromatic nitrogens is 3. The summed E-state index contributed by atoms with van der Waals surface area (Å²) in [4.78, 5) is 30.3. The van der Waals surface area contributed by atoms with Crippen molar-refractivity contribution < 1.29 is 19.1 Å². The Kier molecular flexibility index (Phi) is 8.00. The first-order chi connectivity index (χ1) is 19.4. The lowest BCUT2D eigenvalue weighted by Gasteiger charge is -2.34. The number of hydrogen-bond acceptors (Lipinski definition) is 6. The molecule has 1 aromatic heterocycles. The number of rotatable bonds is 9. The number of hydrogen-bond donors (Lipinski definition) is 1. The lowest BCUT2D eigenvalue weighted by atomic mass is 9.98. The first-order valence-corrected chi connectivity index (χ1v) is 13.6. The minimum Gasteiger partial charge on any atom is -0.497 e. The number of amides is 2. The van der Waals surface area contributed by atoms with Crippen molar-refractivity contribution in [1.82, 2.24) is 20.3 Å². The molecule has 1 atom stereocenters. The maximum Gasteiger partial charge on any atom is 0.249 e. The van der Waals surface area contributed by atoms with E-state index in [1.807, 2.05) is 56.3 Å². The van der Waals surface area contributed by atoms with E-state index in [-0.39, 0.29) is 24.4 Å². The van der Waals surface area contributed by atoms with Crippen LogP contribution in [0.3, 0.4) is 0 Å². The van der Waals surface area contributed by atoms with E-state index >= 15 is 0 Å². The van der Waals surface area contributed by atoms with Crippen molar-refractivity contribution in [2.24, 2.45) is 0 Å². The van der Waals surface area contributed by atoms with Crippen molar-refractivity contribution in [3.63, 3.8) is 0 Å². The fraction of sp³-hybridized carbons (Fsp3) is 0.355. The summed E-state index contributed by atoms with van der Waals surface area (Å²) in [7, 11) is 3.13. The van der Waals surface area contributed by atoms with Crippen LogP contribution in [0.1, 0.15) is 48.4 Å². The van der Waals surface area contributed by atoms with Gasteiger partial charge in [-0.2, -0.15) is 0 Å². The molecule has 0 unspecified atom stereocenters. The molecule has 0 aliphatic heterocycles. The van der Waals surface area contributed by atoms with Gasteiger partial charge in [0.05, 0.1) is 19.7 Å². The van der Waals surface area contributed by atoms with Gasteiger partial charge in [0.2, 0.25) is 11.8 Å². The number of anilines is 1. The van der Waals surface area contributed by atoms with E-state index in [0.29, 0.717) is 28.3 Å². The molecule has 3 aromatic carbocycles. The maximum absolute atomic E-state index is 14.4. The summed E-state index contributed by atoms with van der Waals surface area (Å²) in [6.45, 7) is 3.85. The second-order valence-corrected chi connectivity index (χ2v) is 10.2. The van der Waals surface area contributed by atoms with Gasteiger partial charge in [-0.1, -0.05) is 42.3 Å². The van der Waals surface area contributed by atoms with Gasteiger partial charge in [0.15, 0.2) is 0 Å². The van der Waals surface area contributed by atoms with Crippen LogP contribution in [-0.2, 0) is 16.1 Å². The van der Waals surface area contributed by atoms with Gasteiger partial charge >= 0.3 is 0 Å². The van der Waals surface area contributed by atoms with Gasteiger partial charge < -0.3 is 14.8 Å². The zero-order valence-electron chi connectivity index (χ0n) is 23.4. The molecule has 1 saturated carbocycles. The Morgan fingerprint density at radius 1 is 1.02 bits per heavy atom. The highest BCUT2D eigenvalue weighted by Gasteiger charge is 2.37. The molecule has 5 rings (SSSR count). The number of para-hydroxylation sites is 1. The molecule has 4 aromatic rings. The maximum atomic E-state index is 14.4. The summed E-state index contributed by atoms with van der Waals surface area (Å²) in [6, 6.07) is 17.6. The third-order valence-corrected chi connectivity index (χ3v) is 7.75. The van der Waals surface area contributed by atoms with Gasteiger partial charge in [0.25, 0.3) is 0 Å². The molecule has 1 fully saturated rings. The summed E-state index contributed by atoms with van der Waals surface area (Å²) in [5.74, 6) is 0.476. The van der Waals surface area contributed by atoms with E-state index in [2.05, 4.69) is 15.6 Å². The van der Waals surface area contributed by atoms with E-state index in [0.717, 1.165) is 42.3 Å². The van der Waals surface area contributed by atoms with E-state index in [1.165, 1.54) is 0 Å². The van der Waals surface area contributed by atoms with Crippen molar-refractivity contribution in [1.29, 1.82) is 0 Å². The van der Waals surface area contributed by atoms with E-state index in [1.54, 1.807) is 42.0 Å². The largest absolute Gasteiger partial charge is 0.497 e. The van der Waals surface area contributed by atoms with Crippen LogP contribution in [0.4, 0.5) is 5.69 Å². The summed E-state index contributed by atoms with van der Waals surface area (Å²) in [5, 5.41) is 11.7. The van der Waals surface area contributed by atoms with Gasteiger partial charge in [0, 0.05) is 17.3 Å². The quantitative estimate of drug-likeness (QED) is 0.324. The second kappa shape index (κ2) is 11.8. The zero-order valence-corrected chi connectivity index (χ0v) is 23.4. The van der Waals surface area contributed by atoms with Crippen molar-refractivity contribution in [3.8, 4) is 11.5 Å². The monoisotopic (exact) mass is 541 g/mol. The molecule has 1 aliphatic rings.